The van der Waals surface area contributed by atoms with Crippen molar-refractivity contribution >= 4 is 88.8 Å². The molecule has 0 bridgehead atoms. The molecule has 0 saturated heterocycles. The molecule has 0 N–H and O–H groups in total. The molecule has 2 aromatic heterocycles. The number of benzene rings is 8. The second kappa shape index (κ2) is 11.4. The molecule has 0 saturated carbocycles. The second-order valence-corrected chi connectivity index (χ2v) is 12.6. The largest absolute Gasteiger partial charge is 0.456 e. The van der Waals surface area contributed by atoms with Gasteiger partial charge in [0.15, 0.2) is 0 Å². The van der Waals surface area contributed by atoms with Crippen molar-refractivity contribution in [2.45, 2.75) is 0 Å². The number of furan rings is 2. The molecule has 0 aliphatic heterocycles. The summed E-state index contributed by atoms with van der Waals surface area (Å²) in [6.07, 6.45) is 0. The van der Waals surface area contributed by atoms with Gasteiger partial charge in [-0.15, -0.1) is 0 Å². The van der Waals surface area contributed by atoms with Crippen molar-refractivity contribution in [2.75, 3.05) is 9.80 Å². The SMILES string of the molecule is c1ccc(N(c2ccc3ccc(N(c4ccccc4)c4ccc5oc6ccccc6c5c4)cc3c2)c2ccc3oc4ccccc4c3c2)cc1. The summed E-state index contributed by atoms with van der Waals surface area (Å²) < 4.78 is 12.4. The Labute approximate surface area is 288 Å². The summed E-state index contributed by atoms with van der Waals surface area (Å²) in [5.74, 6) is 0. The van der Waals surface area contributed by atoms with E-state index in [0.717, 1.165) is 83.4 Å². The van der Waals surface area contributed by atoms with Crippen molar-refractivity contribution in [2.24, 2.45) is 0 Å². The average Bonchev–Trinajstić information content (AvgIpc) is 3.74. The quantitative estimate of drug-likeness (QED) is 0.181. The first kappa shape index (κ1) is 28.3. The van der Waals surface area contributed by atoms with Gasteiger partial charge in [0.2, 0.25) is 0 Å². The Kier molecular flexibility index (Phi) is 6.46. The van der Waals surface area contributed by atoms with Crippen LogP contribution in [0.5, 0.6) is 0 Å². The molecule has 0 radical (unpaired) electrons. The Morgan fingerprint density at radius 3 is 1.12 bits per heavy atom. The molecular weight excluding hydrogens is 613 g/mol. The lowest BCUT2D eigenvalue weighted by atomic mass is 10.1. The van der Waals surface area contributed by atoms with Gasteiger partial charge in [0.25, 0.3) is 0 Å². The zero-order valence-electron chi connectivity index (χ0n) is 27.0. The predicted octanol–water partition coefficient (Wildman–Crippen LogP) is 13.6. The Balaban J connectivity index is 1.13. The molecule has 0 aliphatic carbocycles. The van der Waals surface area contributed by atoms with Gasteiger partial charge in [0.05, 0.1) is 0 Å². The number of anilines is 6. The first-order chi connectivity index (χ1) is 24.8. The van der Waals surface area contributed by atoms with Gasteiger partial charge in [0, 0.05) is 55.7 Å². The van der Waals surface area contributed by atoms with Gasteiger partial charge >= 0.3 is 0 Å². The van der Waals surface area contributed by atoms with Crippen LogP contribution in [0.4, 0.5) is 34.1 Å². The van der Waals surface area contributed by atoms with Crippen LogP contribution in [0, 0.1) is 0 Å². The van der Waals surface area contributed by atoms with Crippen molar-refractivity contribution in [3.63, 3.8) is 0 Å². The Morgan fingerprint density at radius 2 is 0.640 bits per heavy atom. The van der Waals surface area contributed by atoms with E-state index in [1.807, 2.05) is 24.3 Å². The summed E-state index contributed by atoms with van der Waals surface area (Å²) in [6, 6.07) is 63.9. The molecule has 10 rings (SSSR count). The summed E-state index contributed by atoms with van der Waals surface area (Å²) in [6.45, 7) is 0. The average molecular weight is 643 g/mol. The van der Waals surface area contributed by atoms with Crippen LogP contribution < -0.4 is 9.80 Å². The molecule has 0 amide bonds. The Morgan fingerprint density at radius 1 is 0.260 bits per heavy atom. The molecule has 2 heterocycles. The highest BCUT2D eigenvalue weighted by atomic mass is 16.3. The van der Waals surface area contributed by atoms with Crippen LogP contribution in [-0.2, 0) is 0 Å². The van der Waals surface area contributed by atoms with Gasteiger partial charge in [-0.3, -0.25) is 0 Å². The van der Waals surface area contributed by atoms with Crippen molar-refractivity contribution in [3.05, 3.63) is 182 Å². The normalized spacial score (nSPS) is 11.6. The Hall–Kier alpha value is -6.78. The maximum absolute atomic E-state index is 6.18. The van der Waals surface area contributed by atoms with E-state index in [4.69, 9.17) is 8.83 Å². The van der Waals surface area contributed by atoms with Gasteiger partial charge in [0.1, 0.15) is 22.3 Å². The summed E-state index contributed by atoms with van der Waals surface area (Å²) in [5, 5.41) is 6.75. The van der Waals surface area contributed by atoms with E-state index in [0.29, 0.717) is 0 Å². The molecule has 4 nitrogen and oxygen atoms in total. The van der Waals surface area contributed by atoms with E-state index >= 15 is 0 Å². The topological polar surface area (TPSA) is 32.8 Å². The summed E-state index contributed by atoms with van der Waals surface area (Å²) in [5.41, 5.74) is 10.0. The van der Waals surface area contributed by atoms with Crippen LogP contribution in [-0.4, -0.2) is 0 Å². The van der Waals surface area contributed by atoms with E-state index < -0.39 is 0 Å². The fraction of sp³-hybridized carbons (Fsp3) is 0. The third kappa shape index (κ3) is 4.69. The molecule has 0 unspecified atom stereocenters. The van der Waals surface area contributed by atoms with Gasteiger partial charge in [-0.25, -0.2) is 0 Å². The van der Waals surface area contributed by atoms with E-state index in [-0.39, 0.29) is 0 Å². The van der Waals surface area contributed by atoms with Crippen LogP contribution in [0.25, 0.3) is 54.6 Å². The predicted molar refractivity (Wildman–Crippen MR) is 208 cm³/mol. The van der Waals surface area contributed by atoms with Crippen LogP contribution in [0.15, 0.2) is 191 Å². The highest BCUT2D eigenvalue weighted by molar-refractivity contribution is 6.08. The lowest BCUT2D eigenvalue weighted by Gasteiger charge is -2.27. The molecule has 4 heteroatoms. The number of rotatable bonds is 6. The minimum absolute atomic E-state index is 0.883. The Bertz CT molecular complexity index is 2640. The highest BCUT2D eigenvalue weighted by Gasteiger charge is 2.18. The second-order valence-electron chi connectivity index (χ2n) is 12.6. The van der Waals surface area contributed by atoms with E-state index in [1.54, 1.807) is 0 Å². The molecule has 236 valence electrons. The monoisotopic (exact) mass is 642 g/mol. The first-order valence-corrected chi connectivity index (χ1v) is 16.8. The van der Waals surface area contributed by atoms with Crippen molar-refractivity contribution < 1.29 is 8.83 Å². The third-order valence-corrected chi connectivity index (χ3v) is 9.59. The molecular formula is C46H30N2O2. The molecule has 0 aliphatic rings. The van der Waals surface area contributed by atoms with E-state index in [1.165, 1.54) is 5.39 Å². The van der Waals surface area contributed by atoms with Gasteiger partial charge < -0.3 is 18.6 Å². The van der Waals surface area contributed by atoms with Crippen LogP contribution in [0.3, 0.4) is 0 Å². The number of hydrogen-bond donors (Lipinski definition) is 0. The van der Waals surface area contributed by atoms with Crippen LogP contribution in [0.1, 0.15) is 0 Å². The molecule has 10 aromatic rings. The molecule has 8 aromatic carbocycles. The maximum Gasteiger partial charge on any atom is 0.135 e. The van der Waals surface area contributed by atoms with Gasteiger partial charge in [-0.05, 0) is 108 Å². The highest BCUT2D eigenvalue weighted by Crippen LogP contribution is 2.42. The molecule has 0 spiro atoms. The van der Waals surface area contributed by atoms with Gasteiger partial charge in [-0.1, -0.05) is 84.9 Å². The minimum Gasteiger partial charge on any atom is -0.456 e. The standard InChI is InChI=1S/C46H30N2O2/c1-3-11-33(12-4-1)47(37-23-25-45-41(29-37)39-15-7-9-17-43(39)49-45)35-21-19-31-20-22-36(28-32(31)27-35)48(34-13-5-2-6-14-34)38-24-26-46-42(30-38)40-16-8-10-18-44(40)50-46/h1-30H. The molecule has 0 fully saturated rings. The number of nitrogens with zero attached hydrogens (tertiary/aromatic N) is 2. The third-order valence-electron chi connectivity index (χ3n) is 9.59. The van der Waals surface area contributed by atoms with Crippen LogP contribution in [0.2, 0.25) is 0 Å². The van der Waals surface area contributed by atoms with Crippen molar-refractivity contribution in [3.8, 4) is 0 Å². The van der Waals surface area contributed by atoms with Crippen molar-refractivity contribution in [1.82, 2.24) is 0 Å². The van der Waals surface area contributed by atoms with Crippen molar-refractivity contribution in [1.29, 1.82) is 0 Å². The molecule has 0 atom stereocenters. The summed E-state index contributed by atoms with van der Waals surface area (Å²) in [4.78, 5) is 4.64. The number of fused-ring (bicyclic) bond motifs is 7. The van der Waals surface area contributed by atoms with E-state index in [2.05, 4.69) is 168 Å². The lowest BCUT2D eigenvalue weighted by Crippen LogP contribution is -2.10. The van der Waals surface area contributed by atoms with Gasteiger partial charge in [-0.2, -0.15) is 0 Å². The summed E-state index contributed by atoms with van der Waals surface area (Å²) >= 11 is 0. The zero-order valence-corrected chi connectivity index (χ0v) is 27.0. The summed E-state index contributed by atoms with van der Waals surface area (Å²) in [7, 11) is 0. The first-order valence-electron chi connectivity index (χ1n) is 16.8. The lowest BCUT2D eigenvalue weighted by molar-refractivity contribution is 0.668. The smallest absolute Gasteiger partial charge is 0.135 e. The van der Waals surface area contributed by atoms with E-state index in [9.17, 15) is 0 Å². The van der Waals surface area contributed by atoms with Crippen LogP contribution >= 0.6 is 0 Å². The maximum atomic E-state index is 6.18. The fourth-order valence-corrected chi connectivity index (χ4v) is 7.25. The fourth-order valence-electron chi connectivity index (χ4n) is 7.25. The molecule has 50 heavy (non-hydrogen) atoms. The minimum atomic E-state index is 0.883. The number of hydrogen-bond acceptors (Lipinski definition) is 4. The number of para-hydroxylation sites is 4. The zero-order chi connectivity index (χ0) is 33.0.